The lowest BCUT2D eigenvalue weighted by Crippen LogP contribution is -2.52. The highest BCUT2D eigenvalue weighted by Crippen LogP contribution is 2.24. The van der Waals surface area contributed by atoms with Crippen molar-refractivity contribution in [1.82, 2.24) is 10.2 Å². The molecule has 1 aliphatic heterocycles. The molecule has 1 saturated heterocycles. The normalized spacial score (nSPS) is 26.9. The van der Waals surface area contributed by atoms with Crippen LogP contribution in [0.15, 0.2) is 0 Å². The Balaban J connectivity index is 2.71. The van der Waals surface area contributed by atoms with Gasteiger partial charge in [-0.2, -0.15) is 0 Å². The number of nitrogens with one attached hydrogen (secondary N) is 1. The molecule has 1 N–H and O–H groups in total. The number of carbonyl (C=O) groups is 1. The first-order chi connectivity index (χ1) is 8.05. The Labute approximate surface area is 105 Å². The van der Waals surface area contributed by atoms with E-state index in [2.05, 4.69) is 24.1 Å². The second-order valence-electron chi connectivity index (χ2n) is 5.04. The van der Waals surface area contributed by atoms with Gasteiger partial charge in [0.15, 0.2) is 0 Å². The third-order valence-electron chi connectivity index (χ3n) is 3.75. The number of likely N-dealkylation sites (N-methyl/N-ethyl adjacent to an activating group) is 1. The molecule has 0 spiro atoms. The van der Waals surface area contributed by atoms with Gasteiger partial charge in [-0.3, -0.25) is 4.79 Å². The smallest absolute Gasteiger partial charge is 0.326 e. The number of hydrogen-bond donors (Lipinski definition) is 1. The zero-order valence-electron chi connectivity index (χ0n) is 11.6. The van der Waals surface area contributed by atoms with E-state index in [0.717, 1.165) is 32.4 Å². The minimum atomic E-state index is -0.473. The number of hydrogen-bond acceptors (Lipinski definition) is 4. The third kappa shape index (κ3) is 3.42. The topological polar surface area (TPSA) is 41.6 Å². The molecule has 4 nitrogen and oxygen atoms in total. The molecule has 1 fully saturated rings. The highest BCUT2D eigenvalue weighted by Gasteiger charge is 2.39. The molecule has 1 atom stereocenters. The van der Waals surface area contributed by atoms with E-state index in [0.29, 0.717) is 12.6 Å². The molecule has 100 valence electrons. The molecule has 1 unspecified atom stereocenters. The van der Waals surface area contributed by atoms with E-state index in [1.807, 2.05) is 14.0 Å². The molecule has 0 bridgehead atoms. The van der Waals surface area contributed by atoms with Crippen molar-refractivity contribution in [3.8, 4) is 0 Å². The van der Waals surface area contributed by atoms with Crippen LogP contribution in [0.3, 0.4) is 0 Å². The van der Waals surface area contributed by atoms with E-state index in [1.165, 1.54) is 0 Å². The summed E-state index contributed by atoms with van der Waals surface area (Å²) >= 11 is 0. The van der Waals surface area contributed by atoms with Gasteiger partial charge >= 0.3 is 5.97 Å². The van der Waals surface area contributed by atoms with Crippen LogP contribution in [0.5, 0.6) is 0 Å². The first-order valence-corrected chi connectivity index (χ1v) is 6.66. The highest BCUT2D eigenvalue weighted by molar-refractivity contribution is 5.80. The average molecular weight is 242 g/mol. The van der Waals surface area contributed by atoms with E-state index in [9.17, 15) is 4.79 Å². The lowest BCUT2D eigenvalue weighted by atomic mass is 9.91. The fourth-order valence-electron chi connectivity index (χ4n) is 2.50. The Bertz CT molecular complexity index is 256. The monoisotopic (exact) mass is 242 g/mol. The largest absolute Gasteiger partial charge is 0.465 e. The van der Waals surface area contributed by atoms with E-state index in [-0.39, 0.29) is 5.97 Å². The fraction of sp³-hybridized carbons (Fsp3) is 0.923. The molecule has 0 saturated carbocycles. The van der Waals surface area contributed by atoms with E-state index >= 15 is 0 Å². The maximum atomic E-state index is 12.1. The molecular formula is C13H26N2O2. The second-order valence-corrected chi connectivity index (χ2v) is 5.04. The van der Waals surface area contributed by atoms with Gasteiger partial charge in [0, 0.05) is 12.6 Å². The van der Waals surface area contributed by atoms with Crippen molar-refractivity contribution < 1.29 is 9.53 Å². The zero-order valence-corrected chi connectivity index (χ0v) is 11.6. The van der Waals surface area contributed by atoms with Gasteiger partial charge in [0.1, 0.15) is 5.54 Å². The van der Waals surface area contributed by atoms with Crippen LogP contribution in [0.2, 0.25) is 0 Å². The molecule has 4 heteroatoms. The van der Waals surface area contributed by atoms with Crippen LogP contribution in [-0.4, -0.2) is 49.2 Å². The van der Waals surface area contributed by atoms with Crippen molar-refractivity contribution in [2.75, 3.05) is 26.7 Å². The third-order valence-corrected chi connectivity index (χ3v) is 3.75. The molecular weight excluding hydrogens is 216 g/mol. The molecule has 1 heterocycles. The molecule has 0 aliphatic carbocycles. The Hall–Kier alpha value is -0.610. The predicted octanol–water partition coefficient (Wildman–Crippen LogP) is 1.40. The van der Waals surface area contributed by atoms with Gasteiger partial charge in [-0.05, 0) is 53.6 Å². The molecule has 17 heavy (non-hydrogen) atoms. The van der Waals surface area contributed by atoms with Gasteiger partial charge in [0.2, 0.25) is 0 Å². The summed E-state index contributed by atoms with van der Waals surface area (Å²) in [6, 6.07) is 0.546. The number of rotatable bonds is 4. The molecule has 0 amide bonds. The van der Waals surface area contributed by atoms with Crippen molar-refractivity contribution in [1.29, 1.82) is 0 Å². The predicted molar refractivity (Wildman–Crippen MR) is 69.0 cm³/mol. The molecule has 0 aromatic heterocycles. The van der Waals surface area contributed by atoms with Crippen LogP contribution in [0.25, 0.3) is 0 Å². The first-order valence-electron chi connectivity index (χ1n) is 6.66. The van der Waals surface area contributed by atoms with Gasteiger partial charge in [0.05, 0.1) is 6.61 Å². The van der Waals surface area contributed by atoms with E-state index < -0.39 is 5.54 Å². The van der Waals surface area contributed by atoms with E-state index in [4.69, 9.17) is 4.74 Å². The van der Waals surface area contributed by atoms with Crippen LogP contribution < -0.4 is 5.32 Å². The maximum absolute atomic E-state index is 12.1. The number of esters is 1. The van der Waals surface area contributed by atoms with Crippen LogP contribution in [-0.2, 0) is 9.53 Å². The van der Waals surface area contributed by atoms with E-state index in [1.54, 1.807) is 0 Å². The average Bonchev–Trinajstić information content (AvgIpc) is 2.52. The van der Waals surface area contributed by atoms with Gasteiger partial charge in [-0.15, -0.1) is 0 Å². The highest BCUT2D eigenvalue weighted by atomic mass is 16.5. The number of likely N-dealkylation sites (tertiary alicyclic amines) is 1. The fourth-order valence-corrected chi connectivity index (χ4v) is 2.50. The summed E-state index contributed by atoms with van der Waals surface area (Å²) in [6.45, 7) is 8.75. The summed E-state index contributed by atoms with van der Waals surface area (Å²) in [5.74, 6) is -0.0897. The quantitative estimate of drug-likeness (QED) is 0.757. The minimum Gasteiger partial charge on any atom is -0.465 e. The zero-order chi connectivity index (χ0) is 12.9. The molecule has 1 aliphatic rings. The standard InChI is InChI=1S/C13H26N2O2/c1-5-17-12(16)13(14-4)7-6-9-15(10-8-13)11(2)3/h11,14H,5-10H2,1-4H3. The van der Waals surface area contributed by atoms with Crippen LogP contribution in [0.4, 0.5) is 0 Å². The van der Waals surface area contributed by atoms with Gasteiger partial charge in [0.25, 0.3) is 0 Å². The number of carbonyl (C=O) groups excluding carboxylic acids is 1. The Kier molecular flexibility index (Phi) is 5.40. The SMILES string of the molecule is CCOC(=O)C1(NC)CCCN(C(C)C)CC1. The van der Waals surface area contributed by atoms with Crippen molar-refractivity contribution in [3.63, 3.8) is 0 Å². The summed E-state index contributed by atoms with van der Waals surface area (Å²) in [5.41, 5.74) is -0.473. The second kappa shape index (κ2) is 6.36. The summed E-state index contributed by atoms with van der Waals surface area (Å²) in [4.78, 5) is 14.5. The maximum Gasteiger partial charge on any atom is 0.326 e. The summed E-state index contributed by atoms with van der Waals surface area (Å²) in [7, 11) is 1.86. The molecule has 1 rings (SSSR count). The van der Waals surface area contributed by atoms with Crippen LogP contribution in [0, 0.1) is 0 Å². The molecule has 0 aromatic rings. The Morgan fingerprint density at radius 2 is 2.12 bits per heavy atom. The molecule has 0 radical (unpaired) electrons. The molecule has 0 aromatic carbocycles. The number of nitrogens with zero attached hydrogens (tertiary/aromatic N) is 1. The number of ether oxygens (including phenoxy) is 1. The van der Waals surface area contributed by atoms with Gasteiger partial charge < -0.3 is 15.0 Å². The first kappa shape index (κ1) is 14.5. The lowest BCUT2D eigenvalue weighted by Gasteiger charge is -2.30. The summed E-state index contributed by atoms with van der Waals surface area (Å²) < 4.78 is 5.21. The van der Waals surface area contributed by atoms with Gasteiger partial charge in [-0.1, -0.05) is 0 Å². The minimum absolute atomic E-state index is 0.0897. The Morgan fingerprint density at radius 1 is 1.41 bits per heavy atom. The van der Waals surface area contributed by atoms with Crippen molar-refractivity contribution in [3.05, 3.63) is 0 Å². The van der Waals surface area contributed by atoms with Crippen molar-refractivity contribution >= 4 is 5.97 Å². The lowest BCUT2D eigenvalue weighted by molar-refractivity contribution is -0.151. The van der Waals surface area contributed by atoms with Crippen LogP contribution >= 0.6 is 0 Å². The summed E-state index contributed by atoms with van der Waals surface area (Å²) in [5, 5.41) is 3.20. The Morgan fingerprint density at radius 3 is 2.65 bits per heavy atom. The summed E-state index contributed by atoms with van der Waals surface area (Å²) in [6.07, 6.45) is 2.74. The van der Waals surface area contributed by atoms with Crippen LogP contribution in [0.1, 0.15) is 40.0 Å². The van der Waals surface area contributed by atoms with Gasteiger partial charge in [-0.25, -0.2) is 0 Å². The van der Waals surface area contributed by atoms with Crippen molar-refractivity contribution in [2.45, 2.75) is 51.6 Å². The van der Waals surface area contributed by atoms with Crippen molar-refractivity contribution in [2.24, 2.45) is 0 Å².